The first-order chi connectivity index (χ1) is 13.6. The second-order valence-electron chi connectivity index (χ2n) is 7.84. The fourth-order valence-corrected chi connectivity index (χ4v) is 4.36. The molecule has 0 spiro atoms. The summed E-state index contributed by atoms with van der Waals surface area (Å²) in [5.74, 6) is 2.38. The number of benzene rings is 1. The highest BCUT2D eigenvalue weighted by atomic mass is 16.1. The summed E-state index contributed by atoms with van der Waals surface area (Å²) < 4.78 is 0. The molecule has 1 saturated heterocycles. The molecule has 2 unspecified atom stereocenters. The van der Waals surface area contributed by atoms with Gasteiger partial charge in [-0.25, -0.2) is 0 Å². The molecular formula is C25H34N2O. The van der Waals surface area contributed by atoms with Crippen LogP contribution < -0.4 is 5.32 Å². The number of carbonyl (C=O) groups is 1. The first-order valence-corrected chi connectivity index (χ1v) is 10.3. The lowest BCUT2D eigenvalue weighted by Gasteiger charge is -2.27. The Morgan fingerprint density at radius 2 is 2.00 bits per heavy atom. The van der Waals surface area contributed by atoms with Crippen LogP contribution in [0.5, 0.6) is 0 Å². The van der Waals surface area contributed by atoms with E-state index in [1.54, 1.807) is 18.2 Å². The maximum absolute atomic E-state index is 12.0. The fraction of sp³-hybridized carbons (Fsp3) is 0.400. The van der Waals surface area contributed by atoms with Crippen molar-refractivity contribution >= 4 is 5.91 Å². The van der Waals surface area contributed by atoms with Crippen molar-refractivity contribution in [2.24, 2.45) is 17.8 Å². The first kappa shape index (κ1) is 20.3. The maximum atomic E-state index is 12.0. The largest absolute Gasteiger partial charge is 0.353 e. The van der Waals surface area contributed by atoms with Gasteiger partial charge in [0, 0.05) is 33.2 Å². The van der Waals surface area contributed by atoms with E-state index in [0.29, 0.717) is 6.04 Å². The van der Waals surface area contributed by atoms with Crippen LogP contribution in [-0.2, 0) is 4.79 Å². The minimum Gasteiger partial charge on any atom is -0.353 e. The van der Waals surface area contributed by atoms with E-state index in [-0.39, 0.29) is 7.33 Å². The van der Waals surface area contributed by atoms with Crippen LogP contribution in [0, 0.1) is 17.8 Å². The van der Waals surface area contributed by atoms with Gasteiger partial charge in [0.15, 0.2) is 0 Å². The molecule has 1 N–H and O–H groups in total. The lowest BCUT2D eigenvalue weighted by molar-refractivity contribution is -0.116. The molecule has 3 heteroatoms. The fourth-order valence-electron chi connectivity index (χ4n) is 4.36. The molecule has 28 heavy (non-hydrogen) atoms. The van der Waals surface area contributed by atoms with E-state index in [1.165, 1.54) is 18.7 Å². The average Bonchev–Trinajstić information content (AvgIpc) is 3.17. The molecule has 3 rings (SSSR count). The van der Waals surface area contributed by atoms with Gasteiger partial charge in [0.25, 0.3) is 0 Å². The molecule has 2 fully saturated rings. The number of amides is 1. The first-order valence-electron chi connectivity index (χ1n) is 10.3. The molecule has 1 saturated carbocycles. The van der Waals surface area contributed by atoms with Gasteiger partial charge >= 0.3 is 0 Å². The molecule has 1 heterocycles. The van der Waals surface area contributed by atoms with Crippen molar-refractivity contribution in [1.82, 2.24) is 10.2 Å². The van der Waals surface area contributed by atoms with Gasteiger partial charge in [-0.2, -0.15) is 0 Å². The van der Waals surface area contributed by atoms with Crippen molar-refractivity contribution < 1.29 is 6.22 Å². The van der Waals surface area contributed by atoms with Gasteiger partial charge in [0.2, 0.25) is 5.91 Å². The number of rotatable bonds is 9. The Bertz CT molecular complexity index is 756. The smallest absolute Gasteiger partial charge is 0.243 e. The summed E-state index contributed by atoms with van der Waals surface area (Å²) in [6.07, 6.45) is 12.1. The summed E-state index contributed by atoms with van der Waals surface area (Å²) in [6, 6.07) is 11.3. The summed E-state index contributed by atoms with van der Waals surface area (Å²) in [6.45, 7) is 11.2. The zero-order valence-corrected chi connectivity index (χ0v) is 17.1. The van der Waals surface area contributed by atoms with Crippen LogP contribution >= 0.6 is 0 Å². The molecule has 0 bridgehead atoms. The van der Waals surface area contributed by atoms with Crippen LogP contribution in [0.2, 0.25) is 0 Å². The van der Waals surface area contributed by atoms with Gasteiger partial charge in [-0.05, 0) is 55.2 Å². The normalized spacial score (nSPS) is 25.8. The zero-order valence-electron chi connectivity index (χ0n) is 17.1. The monoisotopic (exact) mass is 378 g/mol. The van der Waals surface area contributed by atoms with Crippen molar-refractivity contribution in [3.8, 4) is 0 Å². The number of nitrogens with zero attached hydrogens (tertiary/aromatic N) is 1. The molecule has 4 atom stereocenters. The molecule has 0 aromatic heterocycles. The molecule has 2 aliphatic rings. The van der Waals surface area contributed by atoms with Gasteiger partial charge < -0.3 is 5.32 Å². The third-order valence-electron chi connectivity index (χ3n) is 6.15. The number of allylic oxidation sites excluding steroid dienone is 6. The van der Waals surface area contributed by atoms with Crippen molar-refractivity contribution in [3.63, 3.8) is 0 Å². The predicted molar refractivity (Wildman–Crippen MR) is 119 cm³/mol. The topological polar surface area (TPSA) is 32.3 Å². The Hall–Kier alpha value is -2.39. The molecule has 1 aliphatic heterocycles. The summed E-state index contributed by atoms with van der Waals surface area (Å²) >= 11 is 0. The third kappa shape index (κ3) is 5.11. The minimum absolute atomic E-state index is 0. The van der Waals surface area contributed by atoms with Gasteiger partial charge in [-0.1, -0.05) is 61.2 Å². The van der Waals surface area contributed by atoms with Crippen LogP contribution in [0.15, 0.2) is 78.9 Å². The van der Waals surface area contributed by atoms with Crippen LogP contribution in [-0.4, -0.2) is 30.4 Å². The molecule has 1 aromatic carbocycles. The van der Waals surface area contributed by atoms with Crippen molar-refractivity contribution in [1.29, 1.82) is 0 Å². The van der Waals surface area contributed by atoms with E-state index in [1.807, 2.05) is 25.2 Å². The summed E-state index contributed by atoms with van der Waals surface area (Å²) in [7, 11) is 0. The minimum atomic E-state index is -0.0293. The summed E-state index contributed by atoms with van der Waals surface area (Å²) in [5, 5.41) is 3.02. The second-order valence-corrected chi connectivity index (χ2v) is 7.84. The molecule has 3 nitrogen and oxygen atoms in total. The van der Waals surface area contributed by atoms with Crippen molar-refractivity contribution in [2.45, 2.75) is 26.3 Å². The Morgan fingerprint density at radius 3 is 2.64 bits per heavy atom. The van der Waals surface area contributed by atoms with E-state index in [4.69, 9.17) is 0 Å². The predicted octanol–water partition coefficient (Wildman–Crippen LogP) is 4.92. The lowest BCUT2D eigenvalue weighted by atomic mass is 10.1. The van der Waals surface area contributed by atoms with Crippen molar-refractivity contribution in [3.05, 3.63) is 84.5 Å². The number of hydrogen-bond donors (Lipinski definition) is 1. The van der Waals surface area contributed by atoms with Crippen LogP contribution in [0.25, 0.3) is 0 Å². The van der Waals surface area contributed by atoms with E-state index in [2.05, 4.69) is 54.1 Å². The summed E-state index contributed by atoms with van der Waals surface area (Å²) in [4.78, 5) is 14.6. The number of fused-ring (bicyclic) bond motifs is 1. The van der Waals surface area contributed by atoms with E-state index in [9.17, 15) is 4.79 Å². The number of carbonyl (C=O) groups excluding carboxylic acids is 1. The molecular weight excluding hydrogens is 344 g/mol. The van der Waals surface area contributed by atoms with Gasteiger partial charge in [-0.3, -0.25) is 9.69 Å². The van der Waals surface area contributed by atoms with E-state index in [0.717, 1.165) is 36.3 Å². The number of piperidine rings is 1. The second kappa shape index (κ2) is 9.70. The quantitative estimate of drug-likeness (QED) is 0.488. The highest BCUT2D eigenvalue weighted by molar-refractivity contribution is 5.88. The maximum Gasteiger partial charge on any atom is 0.243 e. The Morgan fingerprint density at radius 1 is 1.29 bits per heavy atom. The van der Waals surface area contributed by atoms with E-state index >= 15 is 0 Å². The highest BCUT2D eigenvalue weighted by Gasteiger charge is 2.55. The zero-order chi connectivity index (χ0) is 19.9. The van der Waals surface area contributed by atoms with E-state index < -0.39 is 0 Å². The van der Waals surface area contributed by atoms with Crippen molar-refractivity contribution in [2.75, 3.05) is 19.6 Å². The third-order valence-corrected chi connectivity index (χ3v) is 6.15. The number of nitrogens with one attached hydrogen (secondary N) is 1. The lowest BCUT2D eigenvalue weighted by Crippen LogP contribution is -2.29. The number of hydrogen-bond acceptors (Lipinski definition) is 2. The summed E-state index contributed by atoms with van der Waals surface area (Å²) in [5.41, 5.74) is 2.33. The Labute approximate surface area is 171 Å². The molecule has 1 aromatic rings. The molecule has 0 radical (unpaired) electrons. The van der Waals surface area contributed by atoms with Crippen LogP contribution in [0.4, 0.5) is 0 Å². The standard InChI is InChI=1S/C25H32N2O.H2/c1-4-6-10-20(5-2)13-14-25(28)26-16-15-22-23-17-27(18-24(22)23)19(3)21-11-8-7-9-12-21;/h4-14,19,22-24H,2,15-18H2,1,3H3,(H,26,28);1H/b6-4-,14-13+,20-10+;/t19?,22?,23-,24+;. The Balaban J connectivity index is 0.00000300. The SMILES string of the molecule is C=CC(/C=C/C(=O)NCCC1[C@H]2CN(C(C)c3ccccc3)C[C@@H]12)=C\C=C/C.[HH]. The molecule has 150 valence electrons. The average molecular weight is 379 g/mol. The Kier molecular flexibility index (Phi) is 7.05. The highest BCUT2D eigenvalue weighted by Crippen LogP contribution is 2.54. The van der Waals surface area contributed by atoms with Crippen LogP contribution in [0.3, 0.4) is 0 Å². The molecule has 1 amide bonds. The molecule has 1 aliphatic carbocycles. The van der Waals surface area contributed by atoms with Gasteiger partial charge in [0.1, 0.15) is 0 Å². The van der Waals surface area contributed by atoms with Crippen LogP contribution in [0.1, 0.15) is 33.3 Å². The van der Waals surface area contributed by atoms with Gasteiger partial charge in [-0.15, -0.1) is 0 Å². The number of likely N-dealkylation sites (tertiary alicyclic amines) is 1. The van der Waals surface area contributed by atoms with Gasteiger partial charge in [0.05, 0.1) is 0 Å².